The zero-order valence-corrected chi connectivity index (χ0v) is 5.53. The molecule has 1 rings (SSSR count). The molecule has 46 valence electrons. The van der Waals surface area contributed by atoms with Gasteiger partial charge in [0.15, 0.2) is 0 Å². The van der Waals surface area contributed by atoms with E-state index in [0.29, 0.717) is 0 Å². The second-order valence-corrected chi connectivity index (χ2v) is 1.39. The van der Waals surface area contributed by atoms with Gasteiger partial charge in [-0.15, -0.1) is 12.4 Å². The Hall–Kier alpha value is -0.500. The van der Waals surface area contributed by atoms with Crippen LogP contribution in [0.4, 0.5) is 0 Å². The fourth-order valence-corrected chi connectivity index (χ4v) is 0.491. The summed E-state index contributed by atoms with van der Waals surface area (Å²) in [6.45, 7) is 2.07. The maximum absolute atomic E-state index is 3.98. The Morgan fingerprint density at radius 1 is 1.75 bits per heavy atom. The molecule has 0 aliphatic carbocycles. The maximum Gasteiger partial charge on any atom is 0.105 e. The molecule has 0 saturated heterocycles. The third kappa shape index (κ3) is 1.54. The van der Waals surface area contributed by atoms with Gasteiger partial charge < -0.3 is 4.98 Å². The number of hydrogen-bond donors (Lipinski definition) is 1. The molecule has 0 aliphatic heterocycles. The van der Waals surface area contributed by atoms with Crippen LogP contribution in [-0.2, 0) is 6.42 Å². The number of hydrogen-bond acceptors (Lipinski definition) is 1. The average Bonchev–Trinajstić information content (AvgIpc) is 2.14. The maximum atomic E-state index is 3.98. The molecule has 1 aromatic heterocycles. The number of H-pyrrole nitrogens is 1. The van der Waals surface area contributed by atoms with Gasteiger partial charge in [-0.3, -0.25) is 0 Å². The van der Waals surface area contributed by atoms with Gasteiger partial charge in [-0.2, -0.15) is 0 Å². The molecule has 0 radical (unpaired) electrons. The fraction of sp³-hybridized carbons (Fsp3) is 0.400. The SMILES string of the molecule is CCc1ncc[nH]1.Cl. The number of imidazole rings is 1. The van der Waals surface area contributed by atoms with Crippen molar-refractivity contribution in [2.45, 2.75) is 13.3 Å². The zero-order valence-electron chi connectivity index (χ0n) is 4.72. The lowest BCUT2D eigenvalue weighted by molar-refractivity contribution is 0.990. The van der Waals surface area contributed by atoms with Crippen LogP contribution in [0.2, 0.25) is 0 Å². The van der Waals surface area contributed by atoms with Crippen molar-refractivity contribution >= 4 is 12.4 Å². The number of nitrogens with zero attached hydrogens (tertiary/aromatic N) is 1. The summed E-state index contributed by atoms with van der Waals surface area (Å²) in [5.41, 5.74) is 0. The highest BCUT2D eigenvalue weighted by Gasteiger charge is 1.82. The highest BCUT2D eigenvalue weighted by atomic mass is 35.5. The summed E-state index contributed by atoms with van der Waals surface area (Å²) in [4.78, 5) is 6.95. The van der Waals surface area contributed by atoms with Gasteiger partial charge in [-0.05, 0) is 0 Å². The summed E-state index contributed by atoms with van der Waals surface area (Å²) in [5.74, 6) is 1.06. The standard InChI is InChI=1S/C5H8N2.ClH/c1-2-5-6-3-4-7-5;/h3-4H,2H2,1H3,(H,6,7);1H. The predicted molar refractivity (Wildman–Crippen MR) is 35.2 cm³/mol. The largest absolute Gasteiger partial charge is 0.349 e. The minimum Gasteiger partial charge on any atom is -0.349 e. The predicted octanol–water partition coefficient (Wildman–Crippen LogP) is 1.39. The average molecular weight is 133 g/mol. The second-order valence-electron chi connectivity index (χ2n) is 1.39. The topological polar surface area (TPSA) is 28.7 Å². The van der Waals surface area contributed by atoms with E-state index in [9.17, 15) is 0 Å². The van der Waals surface area contributed by atoms with Gasteiger partial charge in [-0.25, -0.2) is 4.98 Å². The first-order valence-electron chi connectivity index (χ1n) is 2.41. The Kier molecular flexibility index (Phi) is 3.28. The Morgan fingerprint density at radius 2 is 2.50 bits per heavy atom. The van der Waals surface area contributed by atoms with E-state index in [-0.39, 0.29) is 12.4 Å². The first-order chi connectivity index (χ1) is 3.43. The Balaban J connectivity index is 0.000000490. The molecular weight excluding hydrogens is 124 g/mol. The van der Waals surface area contributed by atoms with Crippen molar-refractivity contribution in [2.75, 3.05) is 0 Å². The Labute approximate surface area is 54.7 Å². The molecule has 0 spiro atoms. The third-order valence-corrected chi connectivity index (χ3v) is 0.890. The Bertz CT molecular complexity index is 125. The summed E-state index contributed by atoms with van der Waals surface area (Å²) in [7, 11) is 0. The molecule has 0 unspecified atom stereocenters. The number of aromatic nitrogens is 2. The van der Waals surface area contributed by atoms with E-state index >= 15 is 0 Å². The molecule has 0 bridgehead atoms. The molecule has 1 heterocycles. The van der Waals surface area contributed by atoms with E-state index in [0.717, 1.165) is 12.2 Å². The van der Waals surface area contributed by atoms with Gasteiger partial charge in [0.1, 0.15) is 5.82 Å². The minimum absolute atomic E-state index is 0. The van der Waals surface area contributed by atoms with Crippen molar-refractivity contribution in [2.24, 2.45) is 0 Å². The van der Waals surface area contributed by atoms with Crippen LogP contribution in [-0.4, -0.2) is 9.97 Å². The first-order valence-corrected chi connectivity index (χ1v) is 2.41. The van der Waals surface area contributed by atoms with Crippen molar-refractivity contribution in [1.29, 1.82) is 0 Å². The van der Waals surface area contributed by atoms with E-state index in [1.54, 1.807) is 6.20 Å². The van der Waals surface area contributed by atoms with Crippen molar-refractivity contribution in [3.8, 4) is 0 Å². The van der Waals surface area contributed by atoms with Crippen LogP contribution in [0.3, 0.4) is 0 Å². The molecule has 2 nitrogen and oxygen atoms in total. The summed E-state index contributed by atoms with van der Waals surface area (Å²) < 4.78 is 0. The van der Waals surface area contributed by atoms with E-state index in [1.807, 2.05) is 6.20 Å². The molecule has 0 amide bonds. The van der Waals surface area contributed by atoms with Crippen molar-refractivity contribution in [3.05, 3.63) is 18.2 Å². The number of halogens is 1. The summed E-state index contributed by atoms with van der Waals surface area (Å²) in [6.07, 6.45) is 4.59. The summed E-state index contributed by atoms with van der Waals surface area (Å²) in [6, 6.07) is 0. The smallest absolute Gasteiger partial charge is 0.105 e. The molecule has 0 saturated carbocycles. The number of nitrogens with one attached hydrogen (secondary N) is 1. The fourth-order valence-electron chi connectivity index (χ4n) is 0.491. The molecule has 8 heavy (non-hydrogen) atoms. The van der Waals surface area contributed by atoms with Crippen LogP contribution >= 0.6 is 12.4 Å². The van der Waals surface area contributed by atoms with Crippen LogP contribution in [0.25, 0.3) is 0 Å². The second kappa shape index (κ2) is 3.50. The molecular formula is C5H9ClN2. The number of aryl methyl sites for hydroxylation is 1. The molecule has 0 atom stereocenters. The lowest BCUT2D eigenvalue weighted by Crippen LogP contribution is -1.78. The molecule has 1 N–H and O–H groups in total. The van der Waals surface area contributed by atoms with Crippen LogP contribution in [0, 0.1) is 0 Å². The first kappa shape index (κ1) is 7.50. The van der Waals surface area contributed by atoms with Gasteiger partial charge >= 0.3 is 0 Å². The third-order valence-electron chi connectivity index (χ3n) is 0.890. The summed E-state index contributed by atoms with van der Waals surface area (Å²) in [5, 5.41) is 0. The lowest BCUT2D eigenvalue weighted by atomic mass is 10.5. The van der Waals surface area contributed by atoms with Crippen LogP contribution in [0.5, 0.6) is 0 Å². The van der Waals surface area contributed by atoms with Gasteiger partial charge in [0.2, 0.25) is 0 Å². The molecule has 1 aromatic rings. The minimum atomic E-state index is 0. The van der Waals surface area contributed by atoms with Crippen LogP contribution < -0.4 is 0 Å². The van der Waals surface area contributed by atoms with Gasteiger partial charge in [0, 0.05) is 18.8 Å². The molecule has 0 aromatic carbocycles. The lowest BCUT2D eigenvalue weighted by Gasteiger charge is -1.79. The highest BCUT2D eigenvalue weighted by Crippen LogP contribution is 1.85. The van der Waals surface area contributed by atoms with E-state index in [2.05, 4.69) is 16.9 Å². The van der Waals surface area contributed by atoms with Crippen molar-refractivity contribution in [3.63, 3.8) is 0 Å². The Morgan fingerprint density at radius 3 is 2.75 bits per heavy atom. The molecule has 3 heteroatoms. The van der Waals surface area contributed by atoms with Gasteiger partial charge in [0.05, 0.1) is 0 Å². The van der Waals surface area contributed by atoms with E-state index in [4.69, 9.17) is 0 Å². The van der Waals surface area contributed by atoms with Gasteiger partial charge in [0.25, 0.3) is 0 Å². The highest BCUT2D eigenvalue weighted by molar-refractivity contribution is 5.85. The van der Waals surface area contributed by atoms with Crippen molar-refractivity contribution < 1.29 is 0 Å². The normalized spacial score (nSPS) is 8.12. The summed E-state index contributed by atoms with van der Waals surface area (Å²) >= 11 is 0. The molecule has 0 aliphatic rings. The quantitative estimate of drug-likeness (QED) is 0.615. The van der Waals surface area contributed by atoms with Gasteiger partial charge in [-0.1, -0.05) is 6.92 Å². The number of rotatable bonds is 1. The van der Waals surface area contributed by atoms with Crippen LogP contribution in [0.1, 0.15) is 12.7 Å². The van der Waals surface area contributed by atoms with E-state index in [1.165, 1.54) is 0 Å². The molecule has 0 fully saturated rings. The van der Waals surface area contributed by atoms with E-state index < -0.39 is 0 Å². The zero-order chi connectivity index (χ0) is 5.11. The number of aromatic amines is 1. The van der Waals surface area contributed by atoms with Crippen molar-refractivity contribution in [1.82, 2.24) is 9.97 Å². The monoisotopic (exact) mass is 132 g/mol. The van der Waals surface area contributed by atoms with Crippen LogP contribution in [0.15, 0.2) is 12.4 Å².